The summed E-state index contributed by atoms with van der Waals surface area (Å²) in [6.45, 7) is 1.72. The molecule has 0 saturated carbocycles. The van der Waals surface area contributed by atoms with E-state index in [9.17, 15) is 13.2 Å². The average molecular weight is 527 g/mol. The Hall–Kier alpha value is -2.34. The monoisotopic (exact) mass is 526 g/mol. The van der Waals surface area contributed by atoms with Crippen LogP contribution in [-0.2, 0) is 20.6 Å². The van der Waals surface area contributed by atoms with Crippen molar-refractivity contribution in [2.45, 2.75) is 29.5 Å². The van der Waals surface area contributed by atoms with E-state index in [0.29, 0.717) is 14.5 Å². The molecular formula is C21H23ClN4O4S3. The number of sulfonamides is 1. The Morgan fingerprint density at radius 2 is 1.97 bits per heavy atom. The highest BCUT2D eigenvalue weighted by Crippen LogP contribution is 2.35. The summed E-state index contributed by atoms with van der Waals surface area (Å²) in [5.41, 5.74) is 1.33. The summed E-state index contributed by atoms with van der Waals surface area (Å²) in [7, 11) is -2.43. The van der Waals surface area contributed by atoms with Gasteiger partial charge in [-0.1, -0.05) is 72.0 Å². The normalized spacial score (nSPS) is 12.2. The number of carbonyl (C=O) groups is 1. The number of hydrogen-bond acceptors (Lipinski definition) is 8. The van der Waals surface area contributed by atoms with Gasteiger partial charge in [0, 0.05) is 10.8 Å². The van der Waals surface area contributed by atoms with E-state index in [0.717, 1.165) is 21.9 Å². The molecule has 0 aliphatic rings. The maximum atomic E-state index is 13.1. The third kappa shape index (κ3) is 6.59. The number of rotatable bonds is 10. The van der Waals surface area contributed by atoms with Crippen LogP contribution in [0.25, 0.3) is 0 Å². The fourth-order valence-corrected chi connectivity index (χ4v) is 6.18. The van der Waals surface area contributed by atoms with E-state index in [1.807, 2.05) is 30.3 Å². The fourth-order valence-electron chi connectivity index (χ4n) is 3.10. The van der Waals surface area contributed by atoms with Gasteiger partial charge in [-0.15, -0.1) is 10.2 Å². The number of anilines is 2. The second kappa shape index (κ2) is 11.2. The summed E-state index contributed by atoms with van der Waals surface area (Å²) in [6.07, 6.45) is 1.25. The lowest BCUT2D eigenvalue weighted by Gasteiger charge is -2.30. The third-order valence-electron chi connectivity index (χ3n) is 4.55. The number of carbonyl (C=O) groups excluding carboxylic acids is 1. The van der Waals surface area contributed by atoms with Gasteiger partial charge in [0.15, 0.2) is 4.34 Å². The van der Waals surface area contributed by atoms with Crippen LogP contribution in [0.4, 0.5) is 10.8 Å². The second-order valence-corrected chi connectivity index (χ2v) is 11.4. The van der Waals surface area contributed by atoms with Crippen molar-refractivity contribution in [1.82, 2.24) is 10.2 Å². The number of hydrogen-bond donors (Lipinski definition) is 1. The van der Waals surface area contributed by atoms with Gasteiger partial charge < -0.3 is 4.74 Å². The van der Waals surface area contributed by atoms with Crippen LogP contribution < -0.4 is 14.4 Å². The van der Waals surface area contributed by atoms with Crippen LogP contribution in [0.2, 0.25) is 5.02 Å². The van der Waals surface area contributed by atoms with E-state index in [2.05, 4.69) is 15.5 Å². The SMILES string of the molecule is CCC(C(=O)Nc1nnc(SCc2ccccc2)s1)N(c1cc(Cl)ccc1OC)S(C)(=O)=O. The molecule has 1 unspecified atom stereocenters. The van der Waals surface area contributed by atoms with Crippen molar-refractivity contribution in [2.75, 3.05) is 23.0 Å². The van der Waals surface area contributed by atoms with E-state index in [1.54, 1.807) is 19.1 Å². The quantitative estimate of drug-likeness (QED) is 0.302. The molecule has 0 spiro atoms. The zero-order valence-corrected chi connectivity index (χ0v) is 21.4. The molecule has 0 bridgehead atoms. The molecule has 3 aromatic rings. The number of methoxy groups -OCH3 is 1. The van der Waals surface area contributed by atoms with E-state index >= 15 is 0 Å². The predicted molar refractivity (Wildman–Crippen MR) is 134 cm³/mol. The molecule has 0 aliphatic carbocycles. The number of aromatic nitrogens is 2. The lowest BCUT2D eigenvalue weighted by Crippen LogP contribution is -2.47. The zero-order chi connectivity index (χ0) is 24.0. The van der Waals surface area contributed by atoms with Crippen molar-refractivity contribution in [2.24, 2.45) is 0 Å². The molecule has 0 radical (unpaired) electrons. The summed E-state index contributed by atoms with van der Waals surface area (Å²) in [5.74, 6) is 0.476. The predicted octanol–water partition coefficient (Wildman–Crippen LogP) is 4.68. The largest absolute Gasteiger partial charge is 0.495 e. The van der Waals surface area contributed by atoms with E-state index in [1.165, 1.54) is 36.3 Å². The first-order valence-electron chi connectivity index (χ1n) is 9.87. The lowest BCUT2D eigenvalue weighted by atomic mass is 10.2. The topological polar surface area (TPSA) is 101 Å². The maximum Gasteiger partial charge on any atom is 0.250 e. The molecule has 0 fully saturated rings. The summed E-state index contributed by atoms with van der Waals surface area (Å²) in [4.78, 5) is 13.1. The van der Waals surface area contributed by atoms with Crippen LogP contribution in [0, 0.1) is 0 Å². The van der Waals surface area contributed by atoms with Crippen molar-refractivity contribution >= 4 is 61.4 Å². The van der Waals surface area contributed by atoms with Gasteiger partial charge in [0.1, 0.15) is 11.8 Å². The highest BCUT2D eigenvalue weighted by Gasteiger charge is 2.34. The van der Waals surface area contributed by atoms with Crippen molar-refractivity contribution in [3.63, 3.8) is 0 Å². The zero-order valence-electron chi connectivity index (χ0n) is 18.2. The van der Waals surface area contributed by atoms with Gasteiger partial charge in [-0.2, -0.15) is 0 Å². The molecular weight excluding hydrogens is 504 g/mol. The molecule has 8 nitrogen and oxygen atoms in total. The molecule has 12 heteroatoms. The standard InChI is InChI=1S/C21H23ClN4O4S3/c1-4-16(26(33(3,28)29)17-12-15(22)10-11-18(17)30-2)19(27)23-20-24-25-21(32-20)31-13-14-8-6-5-7-9-14/h5-12,16H,4,13H2,1-3H3,(H,23,24,27). The highest BCUT2D eigenvalue weighted by molar-refractivity contribution is 8.00. The van der Waals surface area contributed by atoms with Crippen molar-refractivity contribution in [1.29, 1.82) is 0 Å². The molecule has 33 heavy (non-hydrogen) atoms. The van der Waals surface area contributed by atoms with E-state index in [-0.39, 0.29) is 17.9 Å². The third-order valence-corrected chi connectivity index (χ3v) is 7.99. The molecule has 3 rings (SSSR count). The average Bonchev–Trinajstić information content (AvgIpc) is 3.23. The molecule has 1 aromatic heterocycles. The number of amides is 1. The minimum atomic E-state index is -3.85. The van der Waals surface area contributed by atoms with Crippen LogP contribution in [0.15, 0.2) is 52.9 Å². The number of halogens is 1. The van der Waals surface area contributed by atoms with Crippen LogP contribution in [-0.4, -0.2) is 43.9 Å². The molecule has 0 aliphatic heterocycles. The molecule has 1 amide bonds. The van der Waals surface area contributed by atoms with Crippen LogP contribution in [0.1, 0.15) is 18.9 Å². The minimum Gasteiger partial charge on any atom is -0.495 e. The van der Waals surface area contributed by atoms with Crippen molar-refractivity contribution in [3.05, 3.63) is 59.1 Å². The van der Waals surface area contributed by atoms with E-state index < -0.39 is 22.0 Å². The Morgan fingerprint density at radius 3 is 2.61 bits per heavy atom. The maximum absolute atomic E-state index is 13.1. The van der Waals surface area contributed by atoms with Gasteiger partial charge in [0.25, 0.3) is 0 Å². The van der Waals surface area contributed by atoms with Gasteiger partial charge in [-0.25, -0.2) is 8.42 Å². The molecule has 176 valence electrons. The lowest BCUT2D eigenvalue weighted by molar-refractivity contribution is -0.117. The first-order valence-corrected chi connectivity index (χ1v) is 13.9. The second-order valence-electron chi connectivity index (χ2n) is 6.94. The van der Waals surface area contributed by atoms with Crippen LogP contribution in [0.3, 0.4) is 0 Å². The molecule has 0 saturated heterocycles. The van der Waals surface area contributed by atoms with Gasteiger partial charge >= 0.3 is 0 Å². The van der Waals surface area contributed by atoms with Gasteiger partial charge in [-0.3, -0.25) is 14.4 Å². The van der Waals surface area contributed by atoms with Gasteiger partial charge in [0.05, 0.1) is 19.1 Å². The Labute approximate surface area is 206 Å². The number of ether oxygens (including phenoxy) is 1. The molecule has 1 N–H and O–H groups in total. The Balaban J connectivity index is 1.79. The summed E-state index contributed by atoms with van der Waals surface area (Å²) >= 11 is 8.84. The van der Waals surface area contributed by atoms with Crippen molar-refractivity contribution in [3.8, 4) is 5.75 Å². The number of benzene rings is 2. The number of nitrogens with one attached hydrogen (secondary N) is 1. The first kappa shape index (κ1) is 25.3. The van der Waals surface area contributed by atoms with Crippen LogP contribution in [0.5, 0.6) is 5.75 Å². The summed E-state index contributed by atoms with van der Waals surface area (Å²) in [6, 6.07) is 13.5. The summed E-state index contributed by atoms with van der Waals surface area (Å²) in [5, 5.41) is 11.4. The summed E-state index contributed by atoms with van der Waals surface area (Å²) < 4.78 is 32.5. The smallest absolute Gasteiger partial charge is 0.250 e. The molecule has 2 aromatic carbocycles. The molecule has 1 heterocycles. The Kier molecular flexibility index (Phi) is 8.57. The van der Waals surface area contributed by atoms with Crippen molar-refractivity contribution < 1.29 is 17.9 Å². The van der Waals surface area contributed by atoms with E-state index in [4.69, 9.17) is 16.3 Å². The molecule has 1 atom stereocenters. The fraction of sp³-hybridized carbons (Fsp3) is 0.286. The Bertz CT molecular complexity index is 1210. The van der Waals surface area contributed by atoms with Crippen LogP contribution >= 0.6 is 34.7 Å². The number of thioether (sulfide) groups is 1. The number of nitrogens with zero attached hydrogens (tertiary/aromatic N) is 3. The minimum absolute atomic E-state index is 0.186. The van der Waals surface area contributed by atoms with Gasteiger partial charge in [0.2, 0.25) is 21.1 Å². The first-order chi connectivity index (χ1) is 15.7. The highest BCUT2D eigenvalue weighted by atomic mass is 35.5. The van der Waals surface area contributed by atoms with Gasteiger partial charge in [-0.05, 0) is 30.2 Å². The Morgan fingerprint density at radius 1 is 1.24 bits per heavy atom.